The van der Waals surface area contributed by atoms with Gasteiger partial charge in [0.15, 0.2) is 0 Å². The van der Waals surface area contributed by atoms with Crippen molar-refractivity contribution < 1.29 is 4.79 Å². The summed E-state index contributed by atoms with van der Waals surface area (Å²) < 4.78 is 0. The van der Waals surface area contributed by atoms with Crippen LogP contribution < -0.4 is 5.73 Å². The second-order valence-corrected chi connectivity index (χ2v) is 2.83. The van der Waals surface area contributed by atoms with Crippen molar-refractivity contribution >= 4 is 5.91 Å². The third kappa shape index (κ3) is 0.745. The van der Waals surface area contributed by atoms with Gasteiger partial charge in [-0.2, -0.15) is 0 Å². The number of carbonyl (C=O) groups is 1. The van der Waals surface area contributed by atoms with Gasteiger partial charge in [-0.15, -0.1) is 6.58 Å². The first-order valence-corrected chi connectivity index (χ1v) is 3.03. The predicted octanol–water partition coefficient (Wildman–Crippen LogP) is 0.684. The molecule has 2 N–H and O–H groups in total. The maximum absolute atomic E-state index is 10.6. The summed E-state index contributed by atoms with van der Waals surface area (Å²) in [5.41, 5.74) is 4.85. The highest BCUT2D eigenvalue weighted by Crippen LogP contribution is 2.52. The molecule has 0 radical (unpaired) electrons. The van der Waals surface area contributed by atoms with Crippen LogP contribution in [-0.2, 0) is 4.79 Å². The molecule has 1 rings (SSSR count). The average molecular weight is 125 g/mol. The zero-order valence-electron chi connectivity index (χ0n) is 5.55. The maximum atomic E-state index is 10.6. The Morgan fingerprint density at radius 2 is 2.56 bits per heavy atom. The number of primary amides is 1. The standard InChI is InChI=1S/C7H11NO/c1-3-5-4-7(5,2)6(8)9/h3,5H,1,4H2,2H3,(H2,8,9). The molecular formula is C7H11NO. The third-order valence-electron chi connectivity index (χ3n) is 2.15. The number of hydrogen-bond acceptors (Lipinski definition) is 1. The Labute approximate surface area is 54.7 Å². The first kappa shape index (κ1) is 6.33. The normalized spacial score (nSPS) is 39.9. The van der Waals surface area contributed by atoms with Gasteiger partial charge >= 0.3 is 0 Å². The molecule has 0 aromatic rings. The number of allylic oxidation sites excluding steroid dienone is 1. The molecule has 1 fully saturated rings. The fraction of sp³-hybridized carbons (Fsp3) is 0.571. The summed E-state index contributed by atoms with van der Waals surface area (Å²) >= 11 is 0. The lowest BCUT2D eigenvalue weighted by atomic mass is 10.1. The minimum Gasteiger partial charge on any atom is -0.369 e. The van der Waals surface area contributed by atoms with Crippen LogP contribution in [0.25, 0.3) is 0 Å². The summed E-state index contributed by atoms with van der Waals surface area (Å²) in [6.07, 6.45) is 2.68. The van der Waals surface area contributed by atoms with E-state index in [4.69, 9.17) is 5.73 Å². The fourth-order valence-electron chi connectivity index (χ4n) is 1.02. The minimum absolute atomic E-state index is 0.201. The minimum atomic E-state index is -0.262. The molecule has 0 aliphatic heterocycles. The van der Waals surface area contributed by atoms with Crippen LogP contribution in [0.2, 0.25) is 0 Å². The molecule has 2 unspecified atom stereocenters. The SMILES string of the molecule is C=CC1CC1(C)C(N)=O. The second-order valence-electron chi connectivity index (χ2n) is 2.83. The molecule has 0 aromatic heterocycles. The van der Waals surface area contributed by atoms with E-state index in [1.165, 1.54) is 0 Å². The summed E-state index contributed by atoms with van der Waals surface area (Å²) in [6.45, 7) is 5.47. The van der Waals surface area contributed by atoms with Crippen LogP contribution in [0.3, 0.4) is 0 Å². The highest BCUT2D eigenvalue weighted by Gasteiger charge is 2.52. The van der Waals surface area contributed by atoms with Crippen molar-refractivity contribution in [2.45, 2.75) is 13.3 Å². The number of nitrogens with two attached hydrogens (primary N) is 1. The molecule has 9 heavy (non-hydrogen) atoms. The number of hydrogen-bond donors (Lipinski definition) is 1. The van der Waals surface area contributed by atoms with Crippen molar-refractivity contribution in [3.05, 3.63) is 12.7 Å². The fourth-order valence-corrected chi connectivity index (χ4v) is 1.02. The van der Waals surface area contributed by atoms with Crippen LogP contribution >= 0.6 is 0 Å². The first-order chi connectivity index (χ1) is 4.11. The molecule has 1 saturated carbocycles. The molecule has 0 saturated heterocycles. The molecule has 2 atom stereocenters. The molecule has 1 aliphatic carbocycles. The number of rotatable bonds is 2. The highest BCUT2D eigenvalue weighted by molar-refractivity contribution is 5.84. The van der Waals surface area contributed by atoms with E-state index in [1.54, 1.807) is 6.08 Å². The van der Waals surface area contributed by atoms with Crippen LogP contribution in [0.15, 0.2) is 12.7 Å². The molecule has 2 heteroatoms. The summed E-state index contributed by atoms with van der Waals surface area (Å²) in [5.74, 6) is 0.127. The van der Waals surface area contributed by atoms with Gasteiger partial charge in [0.25, 0.3) is 0 Å². The molecule has 0 spiro atoms. The quantitative estimate of drug-likeness (QED) is 0.542. The van der Waals surface area contributed by atoms with Gasteiger partial charge in [0.05, 0.1) is 5.41 Å². The predicted molar refractivity (Wildman–Crippen MR) is 35.6 cm³/mol. The lowest BCUT2D eigenvalue weighted by molar-refractivity contribution is -0.122. The monoisotopic (exact) mass is 125 g/mol. The molecule has 50 valence electrons. The first-order valence-electron chi connectivity index (χ1n) is 3.03. The van der Waals surface area contributed by atoms with E-state index in [2.05, 4.69) is 6.58 Å². The molecule has 0 bridgehead atoms. The Balaban J connectivity index is 2.62. The molecule has 0 heterocycles. The van der Waals surface area contributed by atoms with E-state index >= 15 is 0 Å². The third-order valence-corrected chi connectivity index (χ3v) is 2.15. The van der Waals surface area contributed by atoms with E-state index in [-0.39, 0.29) is 11.3 Å². The smallest absolute Gasteiger partial charge is 0.223 e. The van der Waals surface area contributed by atoms with Gasteiger partial charge in [0, 0.05) is 0 Å². The lowest BCUT2D eigenvalue weighted by Crippen LogP contribution is -2.23. The molecule has 1 aliphatic rings. The molecule has 0 aromatic carbocycles. The Morgan fingerprint density at radius 3 is 2.67 bits per heavy atom. The van der Waals surface area contributed by atoms with Gasteiger partial charge < -0.3 is 5.73 Å². The van der Waals surface area contributed by atoms with Gasteiger partial charge in [0.2, 0.25) is 5.91 Å². The van der Waals surface area contributed by atoms with E-state index < -0.39 is 0 Å². The second kappa shape index (κ2) is 1.59. The van der Waals surface area contributed by atoms with E-state index in [0.717, 1.165) is 6.42 Å². The topological polar surface area (TPSA) is 43.1 Å². The molecular weight excluding hydrogens is 114 g/mol. The van der Waals surface area contributed by atoms with Gasteiger partial charge in [-0.25, -0.2) is 0 Å². The Hall–Kier alpha value is -0.790. The lowest BCUT2D eigenvalue weighted by Gasteiger charge is -2.00. The Bertz CT molecular complexity index is 164. The summed E-state index contributed by atoms with van der Waals surface area (Å²) in [4.78, 5) is 10.6. The number of carbonyl (C=O) groups excluding carboxylic acids is 1. The van der Waals surface area contributed by atoms with Crippen molar-refractivity contribution in [3.63, 3.8) is 0 Å². The summed E-state index contributed by atoms with van der Waals surface area (Å²) in [7, 11) is 0. The maximum Gasteiger partial charge on any atom is 0.223 e. The highest BCUT2D eigenvalue weighted by atomic mass is 16.1. The van der Waals surface area contributed by atoms with Gasteiger partial charge in [-0.05, 0) is 12.3 Å². The zero-order valence-corrected chi connectivity index (χ0v) is 5.55. The van der Waals surface area contributed by atoms with Crippen LogP contribution in [-0.4, -0.2) is 5.91 Å². The van der Waals surface area contributed by atoms with E-state index in [0.29, 0.717) is 5.92 Å². The van der Waals surface area contributed by atoms with Crippen LogP contribution in [0.1, 0.15) is 13.3 Å². The zero-order chi connectivity index (χ0) is 7.07. The van der Waals surface area contributed by atoms with E-state index in [1.807, 2.05) is 6.92 Å². The van der Waals surface area contributed by atoms with Crippen LogP contribution in [0, 0.1) is 11.3 Å². The largest absolute Gasteiger partial charge is 0.369 e. The average Bonchev–Trinajstić information content (AvgIpc) is 2.44. The Kier molecular flexibility index (Phi) is 1.12. The van der Waals surface area contributed by atoms with Crippen molar-refractivity contribution in [3.8, 4) is 0 Å². The van der Waals surface area contributed by atoms with Crippen molar-refractivity contribution in [2.24, 2.45) is 17.1 Å². The van der Waals surface area contributed by atoms with Crippen molar-refractivity contribution in [1.82, 2.24) is 0 Å². The Morgan fingerprint density at radius 1 is 2.00 bits per heavy atom. The van der Waals surface area contributed by atoms with Gasteiger partial charge in [0.1, 0.15) is 0 Å². The van der Waals surface area contributed by atoms with Gasteiger partial charge in [-0.1, -0.05) is 13.0 Å². The van der Waals surface area contributed by atoms with Gasteiger partial charge in [-0.3, -0.25) is 4.79 Å². The molecule has 1 amide bonds. The molecule has 2 nitrogen and oxygen atoms in total. The number of amides is 1. The summed E-state index contributed by atoms with van der Waals surface area (Å²) in [6, 6.07) is 0. The van der Waals surface area contributed by atoms with E-state index in [9.17, 15) is 4.79 Å². The van der Waals surface area contributed by atoms with Crippen molar-refractivity contribution in [2.75, 3.05) is 0 Å². The van der Waals surface area contributed by atoms with Crippen molar-refractivity contribution in [1.29, 1.82) is 0 Å². The van der Waals surface area contributed by atoms with Crippen LogP contribution in [0.4, 0.5) is 0 Å². The van der Waals surface area contributed by atoms with Crippen LogP contribution in [0.5, 0.6) is 0 Å². The summed E-state index contributed by atoms with van der Waals surface area (Å²) in [5, 5.41) is 0.